The molecule has 1 aliphatic carbocycles. The summed E-state index contributed by atoms with van der Waals surface area (Å²) in [5, 5.41) is 18.3. The molecule has 164 valence electrons. The van der Waals surface area contributed by atoms with Crippen LogP contribution in [0.5, 0.6) is 0 Å². The number of nitrogens with zero attached hydrogens (tertiary/aromatic N) is 4. The maximum absolute atomic E-state index is 11.7. The molecule has 1 saturated heterocycles. The van der Waals surface area contributed by atoms with Crippen molar-refractivity contribution in [1.29, 1.82) is 0 Å². The molecule has 0 radical (unpaired) electrons. The molecular weight excluding hydrogens is 404 g/mol. The van der Waals surface area contributed by atoms with Crippen LogP contribution in [0, 0.1) is 6.92 Å². The number of fused-ring (bicyclic) bond motifs is 1. The van der Waals surface area contributed by atoms with Crippen LogP contribution in [0.25, 0.3) is 10.9 Å². The van der Waals surface area contributed by atoms with Gasteiger partial charge < -0.3 is 15.7 Å². The largest absolute Gasteiger partial charge is 0.388 e. The molecule has 2 aliphatic rings. The van der Waals surface area contributed by atoms with Crippen molar-refractivity contribution in [3.63, 3.8) is 0 Å². The van der Waals surface area contributed by atoms with Gasteiger partial charge in [0.05, 0.1) is 17.9 Å². The summed E-state index contributed by atoms with van der Waals surface area (Å²) in [7, 11) is -3.14. The number of anilines is 2. The maximum Gasteiger partial charge on any atom is 0.223 e. The third kappa shape index (κ3) is 4.50. The highest BCUT2D eigenvalue weighted by molar-refractivity contribution is 7.88. The molecule has 9 nitrogen and oxygen atoms in total. The van der Waals surface area contributed by atoms with Gasteiger partial charge in [-0.3, -0.25) is 0 Å². The van der Waals surface area contributed by atoms with Crippen molar-refractivity contribution in [3.8, 4) is 0 Å². The van der Waals surface area contributed by atoms with Crippen LogP contribution in [0.1, 0.15) is 44.7 Å². The molecule has 3 N–H and O–H groups in total. The van der Waals surface area contributed by atoms with Crippen molar-refractivity contribution in [3.05, 3.63) is 18.0 Å². The van der Waals surface area contributed by atoms with Crippen molar-refractivity contribution in [2.75, 3.05) is 30.0 Å². The minimum absolute atomic E-state index is 0.0679. The van der Waals surface area contributed by atoms with Gasteiger partial charge in [0.15, 0.2) is 5.82 Å². The molecule has 0 aromatic carbocycles. The lowest BCUT2D eigenvalue weighted by Gasteiger charge is -2.30. The van der Waals surface area contributed by atoms with E-state index in [4.69, 9.17) is 4.98 Å². The zero-order chi connectivity index (χ0) is 21.5. The first-order valence-electron chi connectivity index (χ1n) is 10.5. The number of aryl methyl sites for hydroxylation is 1. The van der Waals surface area contributed by atoms with Crippen molar-refractivity contribution in [2.45, 2.75) is 63.6 Å². The van der Waals surface area contributed by atoms with E-state index in [1.165, 1.54) is 10.6 Å². The fraction of sp³-hybridized carbons (Fsp3) is 0.650. The lowest BCUT2D eigenvalue weighted by Crippen LogP contribution is -2.42. The Morgan fingerprint density at radius 3 is 2.57 bits per heavy atom. The Morgan fingerprint density at radius 2 is 1.93 bits per heavy atom. The predicted octanol–water partition coefficient (Wildman–Crippen LogP) is 1.88. The van der Waals surface area contributed by atoms with E-state index in [9.17, 15) is 13.5 Å². The number of sulfonamides is 1. The Morgan fingerprint density at radius 1 is 1.20 bits per heavy atom. The summed E-state index contributed by atoms with van der Waals surface area (Å²) in [6, 6.07) is 1.99. The number of aliphatic hydroxyl groups is 1. The van der Waals surface area contributed by atoms with Gasteiger partial charge in [0, 0.05) is 36.4 Å². The molecule has 10 heteroatoms. The Hall–Kier alpha value is -2.04. The van der Waals surface area contributed by atoms with Crippen LogP contribution in [0.15, 0.2) is 12.3 Å². The summed E-state index contributed by atoms with van der Waals surface area (Å²) >= 11 is 0. The van der Waals surface area contributed by atoms with Crippen LogP contribution in [0.2, 0.25) is 0 Å². The summed E-state index contributed by atoms with van der Waals surface area (Å²) in [5.74, 6) is 1.17. The first-order chi connectivity index (χ1) is 14.1. The Balaban J connectivity index is 1.54. The molecule has 0 amide bonds. The van der Waals surface area contributed by atoms with Gasteiger partial charge >= 0.3 is 0 Å². The standard InChI is InChI=1S/C20H30N6O3S/c1-13-11-14-12-21-19(23-15-6-9-26(10-7-15)30(3,28)29)25-17(14)18(22-13)24-16-5-4-8-20(16,2)27/h11-12,15-16,27H,4-10H2,1-3H3,(H,22,24)(H,21,23,25)/t16-,20-/m0/s1. The second-order valence-corrected chi connectivity index (χ2v) is 10.8. The van der Waals surface area contributed by atoms with Gasteiger partial charge in [-0.1, -0.05) is 0 Å². The average Bonchev–Trinajstić information content (AvgIpc) is 3.00. The van der Waals surface area contributed by atoms with E-state index in [0.717, 1.165) is 35.9 Å². The highest BCUT2D eigenvalue weighted by Crippen LogP contribution is 2.33. The van der Waals surface area contributed by atoms with E-state index in [0.29, 0.717) is 37.7 Å². The number of piperidine rings is 1. The lowest BCUT2D eigenvalue weighted by atomic mass is 10.0. The molecule has 0 bridgehead atoms. The maximum atomic E-state index is 11.7. The zero-order valence-electron chi connectivity index (χ0n) is 17.7. The lowest BCUT2D eigenvalue weighted by molar-refractivity contribution is 0.0578. The van der Waals surface area contributed by atoms with E-state index < -0.39 is 15.6 Å². The van der Waals surface area contributed by atoms with Gasteiger partial charge in [0.25, 0.3) is 0 Å². The number of nitrogens with one attached hydrogen (secondary N) is 2. The van der Waals surface area contributed by atoms with Crippen LogP contribution >= 0.6 is 0 Å². The third-order valence-electron chi connectivity index (χ3n) is 6.19. The first kappa shape index (κ1) is 21.2. The Labute approximate surface area is 177 Å². The molecule has 0 unspecified atom stereocenters. The number of pyridine rings is 1. The molecule has 2 aromatic rings. The molecule has 2 aromatic heterocycles. The summed E-state index contributed by atoms with van der Waals surface area (Å²) in [6.45, 7) is 4.78. The Bertz CT molecular complexity index is 1030. The van der Waals surface area contributed by atoms with Crippen LogP contribution in [0.4, 0.5) is 11.8 Å². The minimum Gasteiger partial charge on any atom is -0.388 e. The van der Waals surface area contributed by atoms with Crippen LogP contribution in [-0.4, -0.2) is 69.8 Å². The van der Waals surface area contributed by atoms with Crippen molar-refractivity contribution in [1.82, 2.24) is 19.3 Å². The third-order valence-corrected chi connectivity index (χ3v) is 7.49. The molecule has 2 atom stereocenters. The Kier molecular flexibility index (Phi) is 5.58. The second kappa shape index (κ2) is 7.90. The van der Waals surface area contributed by atoms with Crippen LogP contribution < -0.4 is 10.6 Å². The fourth-order valence-corrected chi connectivity index (χ4v) is 5.27. The monoisotopic (exact) mass is 434 g/mol. The number of hydrogen-bond donors (Lipinski definition) is 3. The molecule has 0 spiro atoms. The van der Waals surface area contributed by atoms with E-state index in [-0.39, 0.29) is 12.1 Å². The van der Waals surface area contributed by atoms with E-state index >= 15 is 0 Å². The number of rotatable bonds is 5. The fourth-order valence-electron chi connectivity index (χ4n) is 4.40. The molecule has 1 aliphatic heterocycles. The van der Waals surface area contributed by atoms with E-state index in [1.54, 1.807) is 6.20 Å². The van der Waals surface area contributed by atoms with E-state index in [2.05, 4.69) is 20.6 Å². The number of hydrogen-bond acceptors (Lipinski definition) is 8. The van der Waals surface area contributed by atoms with Gasteiger partial charge in [0.1, 0.15) is 5.52 Å². The summed E-state index contributed by atoms with van der Waals surface area (Å²) in [4.78, 5) is 13.8. The molecule has 1 saturated carbocycles. The highest BCUT2D eigenvalue weighted by Gasteiger charge is 2.37. The number of aromatic nitrogens is 3. The molecule has 30 heavy (non-hydrogen) atoms. The van der Waals surface area contributed by atoms with Gasteiger partial charge in [-0.05, 0) is 52.0 Å². The zero-order valence-corrected chi connectivity index (χ0v) is 18.5. The SMILES string of the molecule is Cc1cc2cnc(NC3CCN(S(C)(=O)=O)CC3)nc2c(N[C@H]2CCC[C@]2(C)O)n1. The van der Waals surface area contributed by atoms with E-state index in [1.807, 2.05) is 19.9 Å². The van der Waals surface area contributed by atoms with Crippen molar-refractivity contribution >= 4 is 32.7 Å². The summed E-state index contributed by atoms with van der Waals surface area (Å²) in [6.07, 6.45) is 7.07. The van der Waals surface area contributed by atoms with Crippen molar-refractivity contribution in [2.24, 2.45) is 0 Å². The van der Waals surface area contributed by atoms with Gasteiger partial charge in [-0.15, -0.1) is 0 Å². The average molecular weight is 435 g/mol. The summed E-state index contributed by atoms with van der Waals surface area (Å²) in [5.41, 5.74) is 0.814. The normalized spacial score (nSPS) is 26.2. The predicted molar refractivity (Wildman–Crippen MR) is 117 cm³/mol. The topological polar surface area (TPSA) is 120 Å². The molecule has 3 heterocycles. The molecular formula is C20H30N6O3S. The van der Waals surface area contributed by atoms with Crippen LogP contribution in [0.3, 0.4) is 0 Å². The second-order valence-electron chi connectivity index (χ2n) is 8.77. The highest BCUT2D eigenvalue weighted by atomic mass is 32.2. The van der Waals surface area contributed by atoms with Gasteiger partial charge in [-0.25, -0.2) is 27.7 Å². The van der Waals surface area contributed by atoms with Crippen LogP contribution in [-0.2, 0) is 10.0 Å². The van der Waals surface area contributed by atoms with Crippen molar-refractivity contribution < 1.29 is 13.5 Å². The smallest absolute Gasteiger partial charge is 0.223 e. The van der Waals surface area contributed by atoms with Gasteiger partial charge in [-0.2, -0.15) is 0 Å². The van der Waals surface area contributed by atoms with Gasteiger partial charge in [0.2, 0.25) is 16.0 Å². The first-order valence-corrected chi connectivity index (χ1v) is 12.3. The summed E-state index contributed by atoms with van der Waals surface area (Å²) < 4.78 is 24.9. The minimum atomic E-state index is -3.14. The molecule has 4 rings (SSSR count). The quantitative estimate of drug-likeness (QED) is 0.652. The molecule has 2 fully saturated rings.